The lowest BCUT2D eigenvalue weighted by Crippen LogP contribution is -2.54. The number of nitrogens with zero attached hydrogens (tertiary/aromatic N) is 1. The summed E-state index contributed by atoms with van der Waals surface area (Å²) >= 11 is 0. The molecule has 3 atom stereocenters. The monoisotopic (exact) mass is 359 g/mol. The molecule has 25 heavy (non-hydrogen) atoms. The highest BCUT2D eigenvalue weighted by molar-refractivity contribution is 5.92. The molecule has 5 N–H and O–H groups in total. The molecule has 0 heterocycles. The van der Waals surface area contributed by atoms with E-state index in [2.05, 4.69) is 26.1 Å². The number of nitrogens with one attached hydrogen (secondary N) is 3. The molecule has 142 valence electrons. The Balaban J connectivity index is 4.68. The molecule has 0 saturated carbocycles. The van der Waals surface area contributed by atoms with E-state index in [9.17, 15) is 24.1 Å². The number of nitrogens with two attached hydrogens (primary N) is 1. The smallest absolute Gasteiger partial charge is 0.345 e. The van der Waals surface area contributed by atoms with Gasteiger partial charge in [0, 0.05) is 6.92 Å². The maximum Gasteiger partial charge on any atom is 0.360 e. The van der Waals surface area contributed by atoms with Gasteiger partial charge in [-0.2, -0.15) is 0 Å². The molecule has 3 amide bonds. The number of unbranched alkanes of at least 4 members (excludes halogenated alkanes) is 1. The largest absolute Gasteiger partial charge is 0.360 e. The first-order valence-electron chi connectivity index (χ1n) is 7.84. The van der Waals surface area contributed by atoms with Crippen LogP contribution in [0.25, 0.3) is 0 Å². The van der Waals surface area contributed by atoms with E-state index in [1.54, 1.807) is 0 Å². The van der Waals surface area contributed by atoms with E-state index in [-0.39, 0.29) is 12.3 Å². The number of hydrogen-bond donors (Lipinski definition) is 4. The second-order valence-electron chi connectivity index (χ2n) is 5.48. The minimum atomic E-state index is -1.08. The first kappa shape index (κ1) is 22.4. The molecule has 0 bridgehead atoms. The van der Waals surface area contributed by atoms with Crippen LogP contribution < -0.4 is 21.7 Å². The Labute approximate surface area is 145 Å². The molecule has 0 spiro atoms. The summed E-state index contributed by atoms with van der Waals surface area (Å²) < 4.78 is 0. The first-order valence-corrected chi connectivity index (χ1v) is 7.84. The van der Waals surface area contributed by atoms with Gasteiger partial charge in [-0.15, -0.1) is 4.91 Å². The van der Waals surface area contributed by atoms with Crippen LogP contribution in [0.5, 0.6) is 0 Å². The molecule has 0 aromatic rings. The van der Waals surface area contributed by atoms with Crippen molar-refractivity contribution in [2.45, 2.75) is 58.2 Å². The van der Waals surface area contributed by atoms with Crippen LogP contribution in [0, 0.1) is 4.91 Å². The normalized spacial score (nSPS) is 13.8. The molecule has 11 nitrogen and oxygen atoms in total. The van der Waals surface area contributed by atoms with Crippen molar-refractivity contribution in [2.75, 3.05) is 6.54 Å². The Hall–Kier alpha value is -2.56. The van der Waals surface area contributed by atoms with E-state index in [1.165, 1.54) is 20.8 Å². The summed E-state index contributed by atoms with van der Waals surface area (Å²) in [5.74, 6) is -2.59. The van der Waals surface area contributed by atoms with Gasteiger partial charge < -0.3 is 21.7 Å². The van der Waals surface area contributed by atoms with Crippen LogP contribution in [0.4, 0.5) is 0 Å². The lowest BCUT2D eigenvalue weighted by atomic mass is 10.1. The van der Waals surface area contributed by atoms with Crippen LogP contribution in [-0.4, -0.2) is 48.4 Å². The quantitative estimate of drug-likeness (QED) is 0.205. The van der Waals surface area contributed by atoms with E-state index in [0.29, 0.717) is 19.4 Å². The van der Waals surface area contributed by atoms with Crippen molar-refractivity contribution in [3.8, 4) is 0 Å². The third kappa shape index (κ3) is 9.35. The molecular weight excluding hydrogens is 334 g/mol. The minimum Gasteiger partial charge on any atom is -0.345 e. The highest BCUT2D eigenvalue weighted by atomic mass is 16.7. The van der Waals surface area contributed by atoms with E-state index < -0.39 is 35.9 Å². The molecule has 0 saturated heterocycles. The molecule has 11 heteroatoms. The van der Waals surface area contributed by atoms with Gasteiger partial charge in [-0.25, -0.2) is 4.79 Å². The SMILES string of the molecule is CC(=O)N[C@@H](C)C(=O)N[C@@H](C)C(=O)N[C@@H](CCCCN)C(=O)ON=O. The number of carbonyl (C=O) groups excluding carboxylic acids is 4. The molecule has 0 rings (SSSR count). The summed E-state index contributed by atoms with van der Waals surface area (Å²) in [4.78, 5) is 60.6. The number of hydrogen-bond acceptors (Lipinski definition) is 8. The molecule has 0 aliphatic rings. The summed E-state index contributed by atoms with van der Waals surface area (Å²) in [6.45, 7) is 4.55. The van der Waals surface area contributed by atoms with Crippen molar-refractivity contribution in [2.24, 2.45) is 11.1 Å². The van der Waals surface area contributed by atoms with Crippen molar-refractivity contribution >= 4 is 23.7 Å². The minimum absolute atomic E-state index is 0.209. The van der Waals surface area contributed by atoms with Gasteiger partial charge in [0.05, 0.1) is 0 Å². The van der Waals surface area contributed by atoms with Gasteiger partial charge in [0.25, 0.3) is 0 Å². The average molecular weight is 359 g/mol. The Morgan fingerprint density at radius 3 is 2.08 bits per heavy atom. The molecule has 0 radical (unpaired) electrons. The molecule has 0 fully saturated rings. The van der Waals surface area contributed by atoms with Gasteiger partial charge in [0.15, 0.2) is 5.34 Å². The zero-order valence-corrected chi connectivity index (χ0v) is 14.5. The average Bonchev–Trinajstić information content (AvgIpc) is 2.53. The van der Waals surface area contributed by atoms with Crippen molar-refractivity contribution in [1.82, 2.24) is 16.0 Å². The third-order valence-corrected chi connectivity index (χ3v) is 3.24. The van der Waals surface area contributed by atoms with Crippen LogP contribution in [0.2, 0.25) is 0 Å². The summed E-state index contributed by atoms with van der Waals surface area (Å²) in [5, 5.41) is 9.23. The Morgan fingerprint density at radius 2 is 1.56 bits per heavy atom. The molecular formula is C14H25N5O6. The lowest BCUT2D eigenvalue weighted by Gasteiger charge is -2.20. The van der Waals surface area contributed by atoms with Crippen LogP contribution in [-0.2, 0) is 24.0 Å². The maximum absolute atomic E-state index is 12.1. The molecule has 0 aromatic carbocycles. The Bertz CT molecular complexity index is 498. The Kier molecular flexibility index (Phi) is 10.7. The van der Waals surface area contributed by atoms with E-state index in [1.807, 2.05) is 0 Å². The van der Waals surface area contributed by atoms with Gasteiger partial charge in [0.1, 0.15) is 18.1 Å². The van der Waals surface area contributed by atoms with Crippen molar-refractivity contribution in [3.05, 3.63) is 4.91 Å². The van der Waals surface area contributed by atoms with Crippen LogP contribution in [0.1, 0.15) is 40.0 Å². The second-order valence-corrected chi connectivity index (χ2v) is 5.48. The second kappa shape index (κ2) is 11.9. The highest BCUT2D eigenvalue weighted by Gasteiger charge is 2.26. The first-order chi connectivity index (χ1) is 11.7. The van der Waals surface area contributed by atoms with Crippen LogP contribution >= 0.6 is 0 Å². The topological polar surface area (TPSA) is 169 Å². The molecule has 0 unspecified atom stereocenters. The van der Waals surface area contributed by atoms with E-state index in [4.69, 9.17) is 5.73 Å². The number of carbonyl (C=O) groups is 4. The van der Waals surface area contributed by atoms with Gasteiger partial charge in [-0.3, -0.25) is 19.2 Å². The summed E-state index contributed by atoms with van der Waals surface area (Å²) in [6, 6.07) is -2.88. The zero-order chi connectivity index (χ0) is 19.4. The zero-order valence-electron chi connectivity index (χ0n) is 14.5. The highest BCUT2D eigenvalue weighted by Crippen LogP contribution is 2.04. The summed E-state index contributed by atoms with van der Waals surface area (Å²) in [5.41, 5.74) is 5.37. The molecule has 0 aromatic heterocycles. The fourth-order valence-corrected chi connectivity index (χ4v) is 1.91. The summed E-state index contributed by atoms with van der Waals surface area (Å²) in [7, 11) is 0. The van der Waals surface area contributed by atoms with E-state index >= 15 is 0 Å². The maximum atomic E-state index is 12.1. The van der Waals surface area contributed by atoms with Crippen LogP contribution in [0.15, 0.2) is 5.34 Å². The fraction of sp³-hybridized carbons (Fsp3) is 0.714. The number of rotatable bonds is 11. The fourth-order valence-electron chi connectivity index (χ4n) is 1.91. The summed E-state index contributed by atoms with van der Waals surface area (Å²) in [6.07, 6.45) is 1.35. The third-order valence-electron chi connectivity index (χ3n) is 3.24. The van der Waals surface area contributed by atoms with Gasteiger partial charge in [-0.05, 0) is 39.7 Å². The standard InChI is InChI=1S/C14H25N5O6/c1-8(16-10(3)20)12(21)17-9(2)13(22)18-11(6-4-5-7-15)14(23)25-19-24/h8-9,11H,4-7,15H2,1-3H3,(H,16,20)(H,17,21)(H,18,22)/t8-,9-,11-/m0/s1. The van der Waals surface area contributed by atoms with E-state index in [0.717, 1.165) is 0 Å². The van der Waals surface area contributed by atoms with Gasteiger partial charge in [-0.1, -0.05) is 0 Å². The lowest BCUT2D eigenvalue weighted by molar-refractivity contribution is -0.148. The van der Waals surface area contributed by atoms with Gasteiger partial charge in [0.2, 0.25) is 17.7 Å². The predicted octanol–water partition coefficient (Wildman–Crippen LogP) is -1.15. The van der Waals surface area contributed by atoms with Gasteiger partial charge >= 0.3 is 5.97 Å². The van der Waals surface area contributed by atoms with Crippen LogP contribution in [0.3, 0.4) is 0 Å². The predicted molar refractivity (Wildman–Crippen MR) is 87.6 cm³/mol. The van der Waals surface area contributed by atoms with Crippen molar-refractivity contribution < 1.29 is 24.0 Å². The Morgan fingerprint density at radius 1 is 1.00 bits per heavy atom. The molecule has 0 aliphatic carbocycles. The molecule has 0 aliphatic heterocycles. The number of amides is 3. The van der Waals surface area contributed by atoms with Crippen molar-refractivity contribution in [1.29, 1.82) is 0 Å². The van der Waals surface area contributed by atoms with Crippen molar-refractivity contribution in [3.63, 3.8) is 0 Å².